The zero-order valence-electron chi connectivity index (χ0n) is 12.7. The molecule has 0 bridgehead atoms. The van der Waals surface area contributed by atoms with Crippen molar-refractivity contribution < 1.29 is 9.18 Å². The minimum atomic E-state index is -0.444. The quantitative estimate of drug-likeness (QED) is 0.558. The zero-order chi connectivity index (χ0) is 17.1. The van der Waals surface area contributed by atoms with Crippen LogP contribution in [0.5, 0.6) is 0 Å². The number of Topliss-reactive ketones (excluding diaryl/α,β-unsaturated/α-hetero) is 1. The summed E-state index contributed by atoms with van der Waals surface area (Å²) in [5.41, 5.74) is 1.60. The Kier molecular flexibility index (Phi) is 4.15. The van der Waals surface area contributed by atoms with Crippen LogP contribution >= 0.6 is 0 Å². The third kappa shape index (κ3) is 3.19. The van der Waals surface area contributed by atoms with Gasteiger partial charge in [-0.1, -0.05) is 12.1 Å². The molecule has 0 unspecified atom stereocenters. The molecule has 120 valence electrons. The lowest BCUT2D eigenvalue weighted by Crippen LogP contribution is -1.96. The molecular formula is C17H13FN4O2. The molecule has 1 heterocycles. The number of hydrogen-bond donors (Lipinski definition) is 2. The maximum absolute atomic E-state index is 13.0. The Balaban J connectivity index is 1.97. The number of aromatic amines is 2. The fraction of sp³-hybridized carbons (Fsp3) is 0.0588. The number of halogens is 1. The van der Waals surface area contributed by atoms with Crippen molar-refractivity contribution in [1.82, 2.24) is 10.2 Å². The Labute approximate surface area is 136 Å². The summed E-state index contributed by atoms with van der Waals surface area (Å²) in [7, 11) is 0. The number of azo groups is 1. The monoisotopic (exact) mass is 324 g/mol. The Bertz CT molecular complexity index is 971. The summed E-state index contributed by atoms with van der Waals surface area (Å²) in [6, 6.07) is 12.3. The molecule has 0 saturated carbocycles. The number of carbonyl (C=O) groups excluding carboxylic acids is 1. The molecule has 24 heavy (non-hydrogen) atoms. The van der Waals surface area contributed by atoms with Gasteiger partial charge in [-0.3, -0.25) is 19.8 Å². The first-order chi connectivity index (χ1) is 11.5. The lowest BCUT2D eigenvalue weighted by molar-refractivity contribution is 0.101. The summed E-state index contributed by atoms with van der Waals surface area (Å²) in [5, 5.41) is 13.1. The van der Waals surface area contributed by atoms with Crippen LogP contribution in [0, 0.1) is 5.82 Å². The van der Waals surface area contributed by atoms with Crippen LogP contribution in [-0.4, -0.2) is 16.0 Å². The predicted octanol–water partition coefficient (Wildman–Crippen LogP) is 4.13. The van der Waals surface area contributed by atoms with Crippen LogP contribution in [0.2, 0.25) is 0 Å². The standard InChI is InChI=1S/C17H13FN4O2/c1-10(23)12-3-2-4-14(9-12)19-21-16-15(20-22-17(16)24)11-5-7-13(18)8-6-11/h2-9H,1H3,(H2,20,22,24). The van der Waals surface area contributed by atoms with E-state index in [2.05, 4.69) is 20.4 Å². The molecular weight excluding hydrogens is 311 g/mol. The summed E-state index contributed by atoms with van der Waals surface area (Å²) >= 11 is 0. The van der Waals surface area contributed by atoms with E-state index in [0.29, 0.717) is 22.5 Å². The number of nitrogens with zero attached hydrogens (tertiary/aromatic N) is 2. The van der Waals surface area contributed by atoms with Gasteiger partial charge in [-0.2, -0.15) is 5.11 Å². The van der Waals surface area contributed by atoms with Crippen molar-refractivity contribution in [2.45, 2.75) is 6.92 Å². The molecule has 0 atom stereocenters. The molecule has 3 rings (SSSR count). The van der Waals surface area contributed by atoms with Gasteiger partial charge in [0, 0.05) is 11.1 Å². The summed E-state index contributed by atoms with van der Waals surface area (Å²) in [5.74, 6) is -0.459. The number of hydrogen-bond acceptors (Lipinski definition) is 4. The Morgan fingerprint density at radius 2 is 1.79 bits per heavy atom. The van der Waals surface area contributed by atoms with Gasteiger partial charge in [-0.25, -0.2) is 4.39 Å². The molecule has 3 aromatic rings. The smallest absolute Gasteiger partial charge is 0.292 e. The molecule has 0 radical (unpaired) electrons. The summed E-state index contributed by atoms with van der Waals surface area (Å²) in [6.45, 7) is 1.46. The van der Waals surface area contributed by atoms with Gasteiger partial charge in [0.25, 0.3) is 5.56 Å². The van der Waals surface area contributed by atoms with Crippen molar-refractivity contribution >= 4 is 17.2 Å². The molecule has 1 aromatic heterocycles. The fourth-order valence-corrected chi connectivity index (χ4v) is 2.17. The molecule has 0 saturated heterocycles. The van der Waals surface area contributed by atoms with E-state index in [1.807, 2.05) is 0 Å². The number of rotatable bonds is 4. The maximum Gasteiger partial charge on any atom is 0.292 e. The molecule has 2 N–H and O–H groups in total. The molecule has 0 aliphatic rings. The van der Waals surface area contributed by atoms with Gasteiger partial charge in [-0.05, 0) is 43.3 Å². The van der Waals surface area contributed by atoms with Crippen LogP contribution in [-0.2, 0) is 0 Å². The minimum Gasteiger partial charge on any atom is -0.295 e. The van der Waals surface area contributed by atoms with E-state index < -0.39 is 5.56 Å². The molecule has 2 aromatic carbocycles. The van der Waals surface area contributed by atoms with Crippen molar-refractivity contribution in [2.24, 2.45) is 10.2 Å². The van der Waals surface area contributed by atoms with Gasteiger partial charge in [0.2, 0.25) is 0 Å². The van der Waals surface area contributed by atoms with Gasteiger partial charge < -0.3 is 0 Å². The van der Waals surface area contributed by atoms with Crippen molar-refractivity contribution in [3.8, 4) is 11.3 Å². The highest BCUT2D eigenvalue weighted by Crippen LogP contribution is 2.26. The number of H-pyrrole nitrogens is 2. The van der Waals surface area contributed by atoms with Crippen molar-refractivity contribution in [3.05, 3.63) is 70.3 Å². The van der Waals surface area contributed by atoms with E-state index in [0.717, 1.165) is 0 Å². The van der Waals surface area contributed by atoms with E-state index in [1.54, 1.807) is 24.3 Å². The first-order valence-electron chi connectivity index (χ1n) is 7.14. The van der Waals surface area contributed by atoms with Crippen molar-refractivity contribution in [3.63, 3.8) is 0 Å². The van der Waals surface area contributed by atoms with Crippen LogP contribution in [0.4, 0.5) is 15.8 Å². The molecule has 7 heteroatoms. The van der Waals surface area contributed by atoms with Gasteiger partial charge in [0.05, 0.1) is 11.4 Å². The van der Waals surface area contributed by atoms with Crippen LogP contribution in [0.3, 0.4) is 0 Å². The number of aromatic nitrogens is 2. The number of benzene rings is 2. The highest BCUT2D eigenvalue weighted by Gasteiger charge is 2.11. The van der Waals surface area contributed by atoms with E-state index in [1.165, 1.54) is 31.2 Å². The van der Waals surface area contributed by atoms with Gasteiger partial charge in [-0.15, -0.1) is 5.11 Å². The molecule has 0 spiro atoms. The average Bonchev–Trinajstić information content (AvgIpc) is 2.95. The zero-order valence-corrected chi connectivity index (χ0v) is 12.7. The number of ketones is 1. The SMILES string of the molecule is CC(=O)c1cccc(N=Nc2c(-c3ccc(F)cc3)[nH][nH]c2=O)c1. The van der Waals surface area contributed by atoms with E-state index in [9.17, 15) is 14.0 Å². The lowest BCUT2D eigenvalue weighted by Gasteiger charge is -1.99. The van der Waals surface area contributed by atoms with Gasteiger partial charge >= 0.3 is 0 Å². The van der Waals surface area contributed by atoms with Gasteiger partial charge in [0.1, 0.15) is 5.82 Å². The highest BCUT2D eigenvalue weighted by atomic mass is 19.1. The normalized spacial score (nSPS) is 11.1. The third-order valence-corrected chi connectivity index (χ3v) is 3.40. The van der Waals surface area contributed by atoms with Gasteiger partial charge in [0.15, 0.2) is 11.5 Å². The Morgan fingerprint density at radius 3 is 2.50 bits per heavy atom. The summed E-state index contributed by atoms with van der Waals surface area (Å²) < 4.78 is 13.0. The molecule has 0 aliphatic carbocycles. The summed E-state index contributed by atoms with van der Waals surface area (Å²) in [4.78, 5) is 23.3. The first kappa shape index (κ1) is 15.5. The average molecular weight is 324 g/mol. The van der Waals surface area contributed by atoms with Crippen LogP contribution in [0.15, 0.2) is 63.6 Å². The van der Waals surface area contributed by atoms with Crippen LogP contribution in [0.25, 0.3) is 11.3 Å². The number of carbonyl (C=O) groups is 1. The molecule has 0 fully saturated rings. The second-order valence-corrected chi connectivity index (χ2v) is 5.12. The maximum atomic E-state index is 13.0. The molecule has 0 amide bonds. The second kappa shape index (κ2) is 6.41. The Morgan fingerprint density at radius 1 is 1.04 bits per heavy atom. The van der Waals surface area contributed by atoms with Crippen molar-refractivity contribution in [2.75, 3.05) is 0 Å². The lowest BCUT2D eigenvalue weighted by atomic mass is 10.1. The summed E-state index contributed by atoms with van der Waals surface area (Å²) in [6.07, 6.45) is 0. The van der Waals surface area contributed by atoms with Crippen LogP contribution < -0.4 is 5.56 Å². The third-order valence-electron chi connectivity index (χ3n) is 3.40. The van der Waals surface area contributed by atoms with Crippen LogP contribution in [0.1, 0.15) is 17.3 Å². The first-order valence-corrected chi connectivity index (χ1v) is 7.14. The highest BCUT2D eigenvalue weighted by molar-refractivity contribution is 5.94. The van der Waals surface area contributed by atoms with E-state index >= 15 is 0 Å². The topological polar surface area (TPSA) is 90.4 Å². The number of nitrogens with one attached hydrogen (secondary N) is 2. The molecule has 6 nitrogen and oxygen atoms in total. The fourth-order valence-electron chi connectivity index (χ4n) is 2.17. The minimum absolute atomic E-state index is 0.0786. The second-order valence-electron chi connectivity index (χ2n) is 5.12. The molecule has 0 aliphatic heterocycles. The largest absolute Gasteiger partial charge is 0.295 e. The predicted molar refractivity (Wildman–Crippen MR) is 87.4 cm³/mol. The van der Waals surface area contributed by atoms with E-state index in [4.69, 9.17) is 0 Å². The van der Waals surface area contributed by atoms with E-state index in [-0.39, 0.29) is 17.3 Å². The van der Waals surface area contributed by atoms with Crippen molar-refractivity contribution in [1.29, 1.82) is 0 Å². The Hall–Kier alpha value is -3.35.